The molecule has 0 bridgehead atoms. The predicted octanol–water partition coefficient (Wildman–Crippen LogP) is 0.115. The number of carboxylic acid groups (broad SMARTS) is 1. The Hall–Kier alpha value is -0.790. The normalized spacial score (nSPS) is 25.2. The highest BCUT2D eigenvalue weighted by Crippen LogP contribution is 2.29. The number of carboxylic acids is 1. The summed E-state index contributed by atoms with van der Waals surface area (Å²) in [5, 5.41) is 8.95. The van der Waals surface area contributed by atoms with E-state index in [4.69, 9.17) is 15.6 Å². The van der Waals surface area contributed by atoms with Gasteiger partial charge in [-0.3, -0.25) is 4.79 Å². The molecule has 0 aromatic heterocycles. The third-order valence-corrected chi connectivity index (χ3v) is 4.16. The van der Waals surface area contributed by atoms with E-state index in [0.717, 1.165) is 0 Å². The van der Waals surface area contributed by atoms with E-state index >= 15 is 0 Å². The molecule has 1 aliphatic heterocycles. The molecule has 3 atom stereocenters. The van der Waals surface area contributed by atoms with E-state index in [0.29, 0.717) is 25.2 Å². The predicted molar refractivity (Wildman–Crippen MR) is 69.3 cm³/mol. The van der Waals surface area contributed by atoms with Gasteiger partial charge in [0.2, 0.25) is 5.91 Å². The molecule has 6 nitrogen and oxygen atoms in total. The zero-order valence-corrected chi connectivity index (χ0v) is 11.5. The molecule has 0 aromatic carbocycles. The van der Waals surface area contributed by atoms with Crippen LogP contribution in [0.15, 0.2) is 0 Å². The van der Waals surface area contributed by atoms with E-state index < -0.39 is 18.1 Å². The highest BCUT2D eigenvalue weighted by molar-refractivity contribution is 8.00. The molecule has 1 heterocycles. The number of hydrogen-bond donors (Lipinski definition) is 2. The second kappa shape index (κ2) is 6.96. The van der Waals surface area contributed by atoms with Gasteiger partial charge in [0.15, 0.2) is 0 Å². The molecule has 1 aliphatic rings. The largest absolute Gasteiger partial charge is 0.480 e. The van der Waals surface area contributed by atoms with Crippen molar-refractivity contribution in [2.45, 2.75) is 37.2 Å². The molecule has 0 radical (unpaired) electrons. The summed E-state index contributed by atoms with van der Waals surface area (Å²) in [5.41, 5.74) is 5.81. The molecule has 0 aliphatic carbocycles. The first kappa shape index (κ1) is 15.3. The average molecular weight is 276 g/mol. The van der Waals surface area contributed by atoms with Gasteiger partial charge in [-0.1, -0.05) is 0 Å². The Balaban J connectivity index is 2.60. The van der Waals surface area contributed by atoms with Crippen molar-refractivity contribution in [2.75, 3.05) is 19.5 Å². The lowest BCUT2D eigenvalue weighted by Crippen LogP contribution is -2.51. The zero-order chi connectivity index (χ0) is 13.7. The number of nitrogens with two attached hydrogens (primary N) is 1. The molecule has 104 valence electrons. The van der Waals surface area contributed by atoms with Crippen LogP contribution < -0.4 is 5.73 Å². The Bertz CT molecular complexity index is 313. The second-order valence-electron chi connectivity index (χ2n) is 4.27. The van der Waals surface area contributed by atoms with Crippen molar-refractivity contribution in [3.63, 3.8) is 0 Å². The lowest BCUT2D eigenvalue weighted by atomic mass is 10.1. The molecule has 7 heteroatoms. The minimum Gasteiger partial charge on any atom is -0.480 e. The Kier molecular flexibility index (Phi) is 5.90. The van der Waals surface area contributed by atoms with Crippen LogP contribution in [0.1, 0.15) is 19.8 Å². The number of rotatable bonds is 6. The van der Waals surface area contributed by atoms with Crippen molar-refractivity contribution < 1.29 is 19.4 Å². The van der Waals surface area contributed by atoms with E-state index in [1.165, 1.54) is 16.7 Å². The van der Waals surface area contributed by atoms with Crippen molar-refractivity contribution >= 4 is 23.6 Å². The van der Waals surface area contributed by atoms with Crippen molar-refractivity contribution in [3.8, 4) is 0 Å². The van der Waals surface area contributed by atoms with Gasteiger partial charge in [0.1, 0.15) is 6.04 Å². The van der Waals surface area contributed by atoms with Crippen molar-refractivity contribution in [2.24, 2.45) is 5.73 Å². The van der Waals surface area contributed by atoms with Crippen LogP contribution in [0.5, 0.6) is 0 Å². The van der Waals surface area contributed by atoms with Gasteiger partial charge < -0.3 is 20.5 Å². The summed E-state index contributed by atoms with van der Waals surface area (Å²) in [6.07, 6.45) is 1.20. The summed E-state index contributed by atoms with van der Waals surface area (Å²) >= 11 is 1.46. The van der Waals surface area contributed by atoms with Crippen molar-refractivity contribution in [1.29, 1.82) is 0 Å². The standard InChI is InChI=1S/C11H20N2O4S/c1-7-13(9(6-18-7)11(15)16)10(14)8(12)4-3-5-17-2/h7-9H,3-6,12H2,1-2H3,(H,15,16). The van der Waals surface area contributed by atoms with E-state index in [9.17, 15) is 9.59 Å². The first-order valence-electron chi connectivity index (χ1n) is 5.90. The summed E-state index contributed by atoms with van der Waals surface area (Å²) < 4.78 is 4.90. The van der Waals surface area contributed by atoms with Gasteiger partial charge in [0.25, 0.3) is 0 Å². The van der Waals surface area contributed by atoms with Gasteiger partial charge in [-0.25, -0.2) is 4.79 Å². The monoisotopic (exact) mass is 276 g/mol. The fourth-order valence-electron chi connectivity index (χ4n) is 1.93. The number of ether oxygens (including phenoxy) is 1. The first-order chi connectivity index (χ1) is 8.49. The molecular formula is C11H20N2O4S. The van der Waals surface area contributed by atoms with Gasteiger partial charge in [-0.05, 0) is 19.8 Å². The Morgan fingerprint density at radius 1 is 1.61 bits per heavy atom. The van der Waals surface area contributed by atoms with Crippen LogP contribution in [0.25, 0.3) is 0 Å². The molecule has 1 fully saturated rings. The molecular weight excluding hydrogens is 256 g/mol. The van der Waals surface area contributed by atoms with Gasteiger partial charge in [-0.2, -0.15) is 0 Å². The number of hydrogen-bond acceptors (Lipinski definition) is 5. The third kappa shape index (κ3) is 3.60. The highest BCUT2D eigenvalue weighted by Gasteiger charge is 2.40. The average Bonchev–Trinajstić information content (AvgIpc) is 2.70. The highest BCUT2D eigenvalue weighted by atomic mass is 32.2. The summed E-state index contributed by atoms with van der Waals surface area (Å²) in [6.45, 7) is 2.38. The minimum absolute atomic E-state index is 0.132. The van der Waals surface area contributed by atoms with Crippen molar-refractivity contribution in [1.82, 2.24) is 4.90 Å². The van der Waals surface area contributed by atoms with E-state index in [-0.39, 0.29) is 11.3 Å². The molecule has 18 heavy (non-hydrogen) atoms. The Morgan fingerprint density at radius 2 is 2.28 bits per heavy atom. The third-order valence-electron chi connectivity index (χ3n) is 2.94. The fourth-order valence-corrected chi connectivity index (χ4v) is 3.11. The van der Waals surface area contributed by atoms with Crippen LogP contribution in [0, 0.1) is 0 Å². The van der Waals surface area contributed by atoms with Gasteiger partial charge in [-0.15, -0.1) is 11.8 Å². The van der Waals surface area contributed by atoms with E-state index in [2.05, 4.69) is 0 Å². The Morgan fingerprint density at radius 3 is 2.83 bits per heavy atom. The number of aliphatic carboxylic acids is 1. The van der Waals surface area contributed by atoms with Crippen LogP contribution in [-0.4, -0.2) is 58.8 Å². The number of carbonyl (C=O) groups excluding carboxylic acids is 1. The molecule has 1 saturated heterocycles. The maximum atomic E-state index is 12.1. The maximum Gasteiger partial charge on any atom is 0.327 e. The topological polar surface area (TPSA) is 92.9 Å². The molecule has 1 rings (SSSR count). The molecule has 0 spiro atoms. The van der Waals surface area contributed by atoms with E-state index in [1.807, 2.05) is 6.92 Å². The summed E-state index contributed by atoms with van der Waals surface area (Å²) in [4.78, 5) is 24.6. The quantitative estimate of drug-likeness (QED) is 0.669. The lowest BCUT2D eigenvalue weighted by molar-refractivity contribution is -0.149. The number of carbonyl (C=O) groups is 2. The molecule has 0 saturated carbocycles. The van der Waals surface area contributed by atoms with Crippen LogP contribution in [0.3, 0.4) is 0 Å². The van der Waals surface area contributed by atoms with Crippen LogP contribution >= 0.6 is 11.8 Å². The summed E-state index contributed by atoms with van der Waals surface area (Å²) in [5.74, 6) is -0.826. The molecule has 0 aromatic rings. The maximum absolute atomic E-state index is 12.1. The fraction of sp³-hybridized carbons (Fsp3) is 0.818. The molecule has 3 unspecified atom stereocenters. The zero-order valence-electron chi connectivity index (χ0n) is 10.7. The van der Waals surface area contributed by atoms with E-state index in [1.54, 1.807) is 7.11 Å². The van der Waals surface area contributed by atoms with Crippen LogP contribution in [-0.2, 0) is 14.3 Å². The number of methoxy groups -OCH3 is 1. The SMILES string of the molecule is COCCCC(N)C(=O)N1C(C)SCC1C(=O)O. The summed E-state index contributed by atoms with van der Waals surface area (Å²) in [7, 11) is 1.59. The number of amides is 1. The first-order valence-corrected chi connectivity index (χ1v) is 6.95. The van der Waals surface area contributed by atoms with Crippen LogP contribution in [0.2, 0.25) is 0 Å². The van der Waals surface area contributed by atoms with Gasteiger partial charge in [0, 0.05) is 19.5 Å². The minimum atomic E-state index is -0.968. The molecule has 3 N–H and O–H groups in total. The smallest absolute Gasteiger partial charge is 0.327 e. The number of thioether (sulfide) groups is 1. The molecule has 1 amide bonds. The number of nitrogens with zero attached hydrogens (tertiary/aromatic N) is 1. The van der Waals surface area contributed by atoms with Gasteiger partial charge in [0.05, 0.1) is 11.4 Å². The second-order valence-corrected chi connectivity index (χ2v) is 5.62. The summed E-state index contributed by atoms with van der Waals surface area (Å²) in [6, 6.07) is -1.41. The Labute approximate surface area is 111 Å². The van der Waals surface area contributed by atoms with Gasteiger partial charge >= 0.3 is 5.97 Å². The van der Waals surface area contributed by atoms with Crippen LogP contribution in [0.4, 0.5) is 0 Å². The van der Waals surface area contributed by atoms with Crippen molar-refractivity contribution in [3.05, 3.63) is 0 Å². The lowest BCUT2D eigenvalue weighted by Gasteiger charge is -2.27.